The Morgan fingerprint density at radius 2 is 2.09 bits per heavy atom. The summed E-state index contributed by atoms with van der Waals surface area (Å²) in [5.41, 5.74) is 8.58. The molecule has 1 saturated heterocycles. The summed E-state index contributed by atoms with van der Waals surface area (Å²) in [6.07, 6.45) is 2.78. The van der Waals surface area contributed by atoms with Crippen LogP contribution in [0.3, 0.4) is 0 Å². The van der Waals surface area contributed by atoms with Gasteiger partial charge in [0.05, 0.1) is 12.8 Å². The Kier molecular flexibility index (Phi) is 4.23. The Morgan fingerprint density at radius 1 is 1.26 bits per heavy atom. The molecule has 6 nitrogen and oxygen atoms in total. The largest absolute Gasteiger partial charge is 0.494 e. The highest BCUT2D eigenvalue weighted by molar-refractivity contribution is 5.96. The summed E-state index contributed by atoms with van der Waals surface area (Å²) in [5.74, 6) is 0.775. The molecule has 1 aromatic heterocycles. The second-order valence-electron chi connectivity index (χ2n) is 5.81. The lowest BCUT2D eigenvalue weighted by atomic mass is 10.1. The molecular weight excluding hydrogens is 292 g/mol. The van der Waals surface area contributed by atoms with Crippen LogP contribution >= 0.6 is 0 Å². The topological polar surface area (TPSA) is 71.7 Å². The van der Waals surface area contributed by atoms with E-state index in [-0.39, 0.29) is 6.03 Å². The van der Waals surface area contributed by atoms with E-state index in [2.05, 4.69) is 22.9 Å². The van der Waals surface area contributed by atoms with Crippen molar-refractivity contribution in [1.29, 1.82) is 0 Å². The van der Waals surface area contributed by atoms with E-state index in [1.165, 1.54) is 5.69 Å². The van der Waals surface area contributed by atoms with Gasteiger partial charge in [-0.25, -0.2) is 4.79 Å². The number of hydrogen-bond acceptors (Lipinski definition) is 4. The number of carbonyl (C=O) groups is 1. The zero-order chi connectivity index (χ0) is 16.4. The average molecular weight is 314 g/mol. The third-order valence-corrected chi connectivity index (χ3v) is 4.36. The van der Waals surface area contributed by atoms with E-state index in [0.717, 1.165) is 41.7 Å². The number of rotatable bonds is 2. The van der Waals surface area contributed by atoms with Gasteiger partial charge in [-0.2, -0.15) is 0 Å². The van der Waals surface area contributed by atoms with Crippen molar-refractivity contribution in [2.45, 2.75) is 13.3 Å². The van der Waals surface area contributed by atoms with Crippen LogP contribution < -0.4 is 15.4 Å². The van der Waals surface area contributed by atoms with Crippen LogP contribution in [-0.4, -0.2) is 49.2 Å². The molecule has 23 heavy (non-hydrogen) atoms. The van der Waals surface area contributed by atoms with Crippen LogP contribution in [0.25, 0.3) is 10.9 Å². The zero-order valence-corrected chi connectivity index (χ0v) is 13.6. The predicted octanol–water partition coefficient (Wildman–Crippen LogP) is 2.14. The molecule has 1 fully saturated rings. The number of aryl methyl sites for hydroxylation is 1. The molecule has 0 bridgehead atoms. The molecule has 0 spiro atoms. The van der Waals surface area contributed by atoms with Crippen LogP contribution in [-0.2, 0) is 0 Å². The van der Waals surface area contributed by atoms with Crippen molar-refractivity contribution in [1.82, 2.24) is 9.88 Å². The second-order valence-corrected chi connectivity index (χ2v) is 5.81. The SMILES string of the molecule is COc1cccc2c(N3CCCN(C(N)=O)CC3)c(C)cnc12. The number of amides is 2. The molecule has 3 rings (SSSR count). The number of anilines is 1. The number of nitrogens with zero attached hydrogens (tertiary/aromatic N) is 3. The van der Waals surface area contributed by atoms with Crippen LogP contribution in [0.1, 0.15) is 12.0 Å². The second kappa shape index (κ2) is 6.32. The summed E-state index contributed by atoms with van der Waals surface area (Å²) >= 11 is 0. The zero-order valence-electron chi connectivity index (χ0n) is 13.6. The molecule has 0 saturated carbocycles. The van der Waals surface area contributed by atoms with Crippen LogP contribution in [0.4, 0.5) is 10.5 Å². The number of fused-ring (bicyclic) bond motifs is 1. The van der Waals surface area contributed by atoms with E-state index >= 15 is 0 Å². The number of methoxy groups -OCH3 is 1. The highest BCUT2D eigenvalue weighted by Crippen LogP contribution is 2.34. The Labute approximate surface area is 135 Å². The van der Waals surface area contributed by atoms with Crippen molar-refractivity contribution >= 4 is 22.6 Å². The molecule has 6 heteroatoms. The fourth-order valence-corrected chi connectivity index (χ4v) is 3.23. The summed E-state index contributed by atoms with van der Waals surface area (Å²) in [6, 6.07) is 5.64. The number of ether oxygens (including phenoxy) is 1. The van der Waals surface area contributed by atoms with Crippen LogP contribution in [0.2, 0.25) is 0 Å². The standard InChI is InChI=1S/C17H22N4O2/c1-12-11-19-15-13(5-3-6-14(15)23-2)16(12)20-7-4-8-21(10-9-20)17(18)22/h3,5-6,11H,4,7-10H2,1-2H3,(H2,18,22). The molecule has 122 valence electrons. The van der Waals surface area contributed by atoms with Gasteiger partial charge in [-0.1, -0.05) is 12.1 Å². The van der Waals surface area contributed by atoms with Gasteiger partial charge in [0, 0.05) is 37.8 Å². The van der Waals surface area contributed by atoms with Crippen molar-refractivity contribution < 1.29 is 9.53 Å². The van der Waals surface area contributed by atoms with E-state index < -0.39 is 0 Å². The van der Waals surface area contributed by atoms with E-state index in [4.69, 9.17) is 10.5 Å². The lowest BCUT2D eigenvalue weighted by molar-refractivity contribution is 0.211. The number of carbonyl (C=O) groups excluding carboxylic acids is 1. The number of nitrogens with two attached hydrogens (primary N) is 1. The maximum Gasteiger partial charge on any atom is 0.314 e. The fraction of sp³-hybridized carbons (Fsp3) is 0.412. The number of pyridine rings is 1. The maximum absolute atomic E-state index is 11.4. The molecule has 2 aromatic rings. The minimum Gasteiger partial charge on any atom is -0.494 e. The number of para-hydroxylation sites is 1. The highest BCUT2D eigenvalue weighted by Gasteiger charge is 2.20. The van der Waals surface area contributed by atoms with Gasteiger partial charge in [-0.15, -0.1) is 0 Å². The molecule has 2 N–H and O–H groups in total. The monoisotopic (exact) mass is 314 g/mol. The van der Waals surface area contributed by atoms with Crippen molar-refractivity contribution in [3.05, 3.63) is 30.0 Å². The first-order chi connectivity index (χ1) is 11.1. The number of hydrogen-bond donors (Lipinski definition) is 1. The summed E-state index contributed by atoms with van der Waals surface area (Å²) in [6.45, 7) is 5.07. The minimum absolute atomic E-state index is 0.343. The molecule has 1 aliphatic heterocycles. The molecule has 1 aromatic carbocycles. The molecule has 0 radical (unpaired) electrons. The smallest absolute Gasteiger partial charge is 0.314 e. The van der Waals surface area contributed by atoms with Crippen LogP contribution in [0.5, 0.6) is 5.75 Å². The molecule has 1 aliphatic rings. The lowest BCUT2D eigenvalue weighted by Gasteiger charge is -2.26. The number of primary amides is 1. The minimum atomic E-state index is -0.343. The first-order valence-electron chi connectivity index (χ1n) is 7.83. The number of aromatic nitrogens is 1. The van der Waals surface area contributed by atoms with Gasteiger partial charge < -0.3 is 20.3 Å². The molecule has 0 atom stereocenters. The predicted molar refractivity (Wildman–Crippen MR) is 91.0 cm³/mol. The number of urea groups is 1. The van der Waals surface area contributed by atoms with E-state index in [1.807, 2.05) is 18.3 Å². The lowest BCUT2D eigenvalue weighted by Crippen LogP contribution is -2.38. The Bertz CT molecular complexity index is 732. The summed E-state index contributed by atoms with van der Waals surface area (Å²) in [5, 5.41) is 1.08. The van der Waals surface area contributed by atoms with Crippen LogP contribution in [0.15, 0.2) is 24.4 Å². The van der Waals surface area contributed by atoms with Gasteiger partial charge in [-0.05, 0) is 25.0 Å². The molecule has 0 unspecified atom stereocenters. The molecular formula is C17H22N4O2. The Hall–Kier alpha value is -2.50. The Morgan fingerprint density at radius 3 is 2.83 bits per heavy atom. The van der Waals surface area contributed by atoms with Gasteiger partial charge in [0.25, 0.3) is 0 Å². The van der Waals surface area contributed by atoms with Gasteiger partial charge >= 0.3 is 6.03 Å². The highest BCUT2D eigenvalue weighted by atomic mass is 16.5. The molecule has 0 aliphatic carbocycles. The van der Waals surface area contributed by atoms with Crippen molar-refractivity contribution in [3.63, 3.8) is 0 Å². The first-order valence-corrected chi connectivity index (χ1v) is 7.83. The van der Waals surface area contributed by atoms with E-state index in [1.54, 1.807) is 12.0 Å². The van der Waals surface area contributed by atoms with Crippen LogP contribution in [0, 0.1) is 6.92 Å². The van der Waals surface area contributed by atoms with Crippen molar-refractivity contribution in [2.24, 2.45) is 5.73 Å². The van der Waals surface area contributed by atoms with E-state index in [0.29, 0.717) is 13.1 Å². The average Bonchev–Trinajstić information content (AvgIpc) is 2.80. The van der Waals surface area contributed by atoms with Crippen molar-refractivity contribution in [2.75, 3.05) is 38.2 Å². The molecule has 2 heterocycles. The van der Waals surface area contributed by atoms with E-state index in [9.17, 15) is 4.79 Å². The summed E-state index contributed by atoms with van der Waals surface area (Å²) in [7, 11) is 1.66. The first kappa shape index (κ1) is 15.4. The molecule has 2 amide bonds. The Balaban J connectivity index is 2.02. The van der Waals surface area contributed by atoms with Gasteiger partial charge in [0.2, 0.25) is 0 Å². The summed E-state index contributed by atoms with van der Waals surface area (Å²) in [4.78, 5) is 20.0. The van der Waals surface area contributed by atoms with Crippen molar-refractivity contribution in [3.8, 4) is 5.75 Å². The number of benzene rings is 1. The quantitative estimate of drug-likeness (QED) is 0.922. The van der Waals surface area contributed by atoms with Gasteiger partial charge in [0.15, 0.2) is 0 Å². The van der Waals surface area contributed by atoms with Gasteiger partial charge in [0.1, 0.15) is 11.3 Å². The third-order valence-electron chi connectivity index (χ3n) is 4.36. The third kappa shape index (κ3) is 2.88. The van der Waals surface area contributed by atoms with Gasteiger partial charge in [-0.3, -0.25) is 4.98 Å². The maximum atomic E-state index is 11.4. The normalized spacial score (nSPS) is 15.6. The summed E-state index contributed by atoms with van der Waals surface area (Å²) < 4.78 is 5.43. The fourth-order valence-electron chi connectivity index (χ4n) is 3.23.